The summed E-state index contributed by atoms with van der Waals surface area (Å²) in [5.41, 5.74) is 1.74. The predicted octanol–water partition coefficient (Wildman–Crippen LogP) is 2.01. The molecule has 3 rings (SSSR count). The van der Waals surface area contributed by atoms with E-state index in [1.165, 1.54) is 44.5 Å². The fraction of sp³-hybridized carbons (Fsp3) is 0.812. The lowest BCUT2D eigenvalue weighted by Crippen LogP contribution is -2.39. The van der Waals surface area contributed by atoms with Crippen molar-refractivity contribution in [2.45, 2.75) is 57.5 Å². The molecule has 0 spiro atoms. The van der Waals surface area contributed by atoms with Crippen molar-refractivity contribution in [3.63, 3.8) is 0 Å². The van der Waals surface area contributed by atoms with Gasteiger partial charge in [0.15, 0.2) is 0 Å². The van der Waals surface area contributed by atoms with Crippen molar-refractivity contribution in [1.82, 2.24) is 19.8 Å². The molecule has 1 aliphatic carbocycles. The van der Waals surface area contributed by atoms with Crippen LogP contribution in [-0.4, -0.2) is 46.7 Å². The fourth-order valence-electron chi connectivity index (χ4n) is 3.51. The van der Waals surface area contributed by atoms with E-state index in [2.05, 4.69) is 39.8 Å². The van der Waals surface area contributed by atoms with Gasteiger partial charge in [-0.25, -0.2) is 4.98 Å². The monoisotopic (exact) mass is 276 g/mol. The maximum absolute atomic E-state index is 4.43. The first-order chi connectivity index (χ1) is 9.73. The summed E-state index contributed by atoms with van der Waals surface area (Å²) in [6.07, 6.45) is 9.36. The first kappa shape index (κ1) is 14.1. The van der Waals surface area contributed by atoms with E-state index < -0.39 is 0 Å². The quantitative estimate of drug-likeness (QED) is 0.863. The summed E-state index contributed by atoms with van der Waals surface area (Å²) < 4.78 is 2.40. The molecule has 4 nitrogen and oxygen atoms in total. The molecule has 0 amide bonds. The lowest BCUT2D eigenvalue weighted by Gasteiger charge is -2.35. The van der Waals surface area contributed by atoms with E-state index in [0.717, 1.165) is 25.7 Å². The largest absolute Gasteiger partial charge is 0.333 e. The van der Waals surface area contributed by atoms with Crippen molar-refractivity contribution in [3.05, 3.63) is 18.2 Å². The van der Waals surface area contributed by atoms with E-state index in [4.69, 9.17) is 0 Å². The van der Waals surface area contributed by atoms with Crippen LogP contribution in [0.5, 0.6) is 0 Å². The lowest BCUT2D eigenvalue weighted by atomic mass is 9.78. The normalized spacial score (nSPS) is 22.4. The topological polar surface area (TPSA) is 33.1 Å². The Balaban J connectivity index is 1.66. The molecule has 20 heavy (non-hydrogen) atoms. The second-order valence-corrected chi connectivity index (χ2v) is 6.64. The SMILES string of the molecule is CCN(CCn1cncc1C1(C)CCNCC1)C1CC1. The molecule has 1 N–H and O–H groups in total. The Morgan fingerprint density at radius 3 is 2.80 bits per heavy atom. The molecule has 0 radical (unpaired) electrons. The highest BCUT2D eigenvalue weighted by Gasteiger charge is 2.32. The third kappa shape index (κ3) is 2.91. The number of nitrogens with zero attached hydrogens (tertiary/aromatic N) is 3. The smallest absolute Gasteiger partial charge is 0.0948 e. The Morgan fingerprint density at radius 1 is 1.40 bits per heavy atom. The summed E-state index contributed by atoms with van der Waals surface area (Å²) >= 11 is 0. The van der Waals surface area contributed by atoms with Gasteiger partial charge < -0.3 is 9.88 Å². The van der Waals surface area contributed by atoms with Gasteiger partial charge in [-0.15, -0.1) is 0 Å². The van der Waals surface area contributed by atoms with E-state index in [1.807, 2.05) is 6.33 Å². The number of imidazole rings is 1. The van der Waals surface area contributed by atoms with Crippen LogP contribution in [-0.2, 0) is 12.0 Å². The second kappa shape index (κ2) is 5.86. The molecule has 2 heterocycles. The first-order valence-corrected chi connectivity index (χ1v) is 8.18. The van der Waals surface area contributed by atoms with Crippen molar-refractivity contribution in [1.29, 1.82) is 0 Å². The molecule has 0 bridgehead atoms. The second-order valence-electron chi connectivity index (χ2n) is 6.64. The van der Waals surface area contributed by atoms with Gasteiger partial charge in [0.2, 0.25) is 0 Å². The van der Waals surface area contributed by atoms with Crippen LogP contribution in [0.3, 0.4) is 0 Å². The van der Waals surface area contributed by atoms with Gasteiger partial charge in [-0.05, 0) is 45.3 Å². The summed E-state index contributed by atoms with van der Waals surface area (Å²) in [6, 6.07) is 0.862. The van der Waals surface area contributed by atoms with E-state index in [0.29, 0.717) is 5.41 Å². The minimum absolute atomic E-state index is 0.304. The molecule has 0 atom stereocenters. The van der Waals surface area contributed by atoms with Gasteiger partial charge in [-0.1, -0.05) is 13.8 Å². The Labute approximate surface area is 122 Å². The van der Waals surface area contributed by atoms with Crippen molar-refractivity contribution in [2.75, 3.05) is 26.2 Å². The summed E-state index contributed by atoms with van der Waals surface area (Å²) in [4.78, 5) is 7.05. The zero-order valence-electron chi connectivity index (χ0n) is 12.9. The highest BCUT2D eigenvalue weighted by Crippen LogP contribution is 2.33. The van der Waals surface area contributed by atoms with Crippen LogP contribution in [0.15, 0.2) is 12.5 Å². The molecule has 0 unspecified atom stereocenters. The van der Waals surface area contributed by atoms with Crippen molar-refractivity contribution < 1.29 is 0 Å². The van der Waals surface area contributed by atoms with E-state index in [-0.39, 0.29) is 0 Å². The summed E-state index contributed by atoms with van der Waals surface area (Å²) in [5, 5.41) is 3.47. The van der Waals surface area contributed by atoms with Crippen molar-refractivity contribution in [3.8, 4) is 0 Å². The van der Waals surface area contributed by atoms with Gasteiger partial charge in [-0.3, -0.25) is 4.90 Å². The summed E-state index contributed by atoms with van der Waals surface area (Å²) in [5.74, 6) is 0. The van der Waals surface area contributed by atoms with Gasteiger partial charge in [0, 0.05) is 36.4 Å². The minimum Gasteiger partial charge on any atom is -0.333 e. The maximum Gasteiger partial charge on any atom is 0.0948 e. The minimum atomic E-state index is 0.304. The molecule has 2 aliphatic rings. The lowest BCUT2D eigenvalue weighted by molar-refractivity contribution is 0.257. The molecule has 2 fully saturated rings. The van der Waals surface area contributed by atoms with Crippen LogP contribution in [0.4, 0.5) is 0 Å². The first-order valence-electron chi connectivity index (χ1n) is 8.18. The van der Waals surface area contributed by atoms with Gasteiger partial charge in [0.1, 0.15) is 0 Å². The number of hydrogen-bond donors (Lipinski definition) is 1. The Kier molecular flexibility index (Phi) is 4.13. The van der Waals surface area contributed by atoms with Gasteiger partial charge in [0.05, 0.1) is 6.33 Å². The average molecular weight is 276 g/mol. The van der Waals surface area contributed by atoms with Crippen LogP contribution >= 0.6 is 0 Å². The number of nitrogens with one attached hydrogen (secondary N) is 1. The molecule has 4 heteroatoms. The van der Waals surface area contributed by atoms with Crippen LogP contribution in [0.25, 0.3) is 0 Å². The molecule has 0 aromatic carbocycles. The van der Waals surface area contributed by atoms with E-state index in [1.54, 1.807) is 0 Å². The van der Waals surface area contributed by atoms with Crippen molar-refractivity contribution in [2.24, 2.45) is 0 Å². The number of hydrogen-bond acceptors (Lipinski definition) is 3. The molecule has 1 saturated carbocycles. The number of piperidine rings is 1. The van der Waals surface area contributed by atoms with Crippen LogP contribution < -0.4 is 5.32 Å². The predicted molar refractivity (Wildman–Crippen MR) is 82.0 cm³/mol. The van der Waals surface area contributed by atoms with Crippen LogP contribution in [0.1, 0.15) is 45.2 Å². The summed E-state index contributed by atoms with van der Waals surface area (Å²) in [6.45, 7) is 10.4. The molecule has 1 saturated heterocycles. The molecular formula is C16H28N4. The van der Waals surface area contributed by atoms with Crippen LogP contribution in [0.2, 0.25) is 0 Å². The zero-order chi connectivity index (χ0) is 14.0. The Bertz CT molecular complexity index is 429. The molecule has 112 valence electrons. The zero-order valence-corrected chi connectivity index (χ0v) is 12.9. The number of aromatic nitrogens is 2. The number of likely N-dealkylation sites (N-methyl/N-ethyl adjacent to an activating group) is 1. The molecule has 1 aromatic heterocycles. The number of rotatable bonds is 6. The van der Waals surface area contributed by atoms with Crippen molar-refractivity contribution >= 4 is 0 Å². The molecular weight excluding hydrogens is 248 g/mol. The van der Waals surface area contributed by atoms with Gasteiger partial charge >= 0.3 is 0 Å². The van der Waals surface area contributed by atoms with Gasteiger partial charge in [-0.2, -0.15) is 0 Å². The van der Waals surface area contributed by atoms with E-state index in [9.17, 15) is 0 Å². The fourth-order valence-corrected chi connectivity index (χ4v) is 3.51. The summed E-state index contributed by atoms with van der Waals surface area (Å²) in [7, 11) is 0. The third-order valence-electron chi connectivity index (χ3n) is 5.14. The highest BCUT2D eigenvalue weighted by molar-refractivity contribution is 5.15. The van der Waals surface area contributed by atoms with Crippen LogP contribution in [0, 0.1) is 0 Å². The maximum atomic E-state index is 4.43. The Morgan fingerprint density at radius 2 is 2.15 bits per heavy atom. The average Bonchev–Trinajstić information content (AvgIpc) is 3.17. The Hall–Kier alpha value is -0.870. The molecule has 1 aromatic rings. The molecule has 1 aliphatic heterocycles. The van der Waals surface area contributed by atoms with Gasteiger partial charge in [0.25, 0.3) is 0 Å². The standard InChI is InChI=1S/C16H28N4/c1-3-19(14-4-5-14)10-11-20-13-18-12-15(20)16(2)6-8-17-9-7-16/h12-14,17H,3-11H2,1-2H3. The third-order valence-corrected chi connectivity index (χ3v) is 5.14. The van der Waals surface area contributed by atoms with E-state index >= 15 is 0 Å². The highest BCUT2D eigenvalue weighted by atomic mass is 15.2.